The summed E-state index contributed by atoms with van der Waals surface area (Å²) in [6.45, 7) is 5.13. The standard InChI is InChI=1S/C11H10O3/c1-8-13-10(12)11(2,14-8)9-6-4-3-5-7-9/h3-7H,1H2,2H3. The molecule has 0 N–H and O–H groups in total. The average molecular weight is 190 g/mol. The van der Waals surface area contributed by atoms with E-state index in [0.29, 0.717) is 0 Å². The minimum absolute atomic E-state index is 0.0568. The van der Waals surface area contributed by atoms with E-state index in [9.17, 15) is 4.79 Å². The van der Waals surface area contributed by atoms with E-state index < -0.39 is 11.6 Å². The Labute approximate surface area is 81.9 Å². The summed E-state index contributed by atoms with van der Waals surface area (Å²) in [5.74, 6) is -0.366. The Bertz CT molecular complexity index is 383. The zero-order chi connectivity index (χ0) is 10.2. The van der Waals surface area contributed by atoms with Gasteiger partial charge in [0.25, 0.3) is 5.95 Å². The zero-order valence-corrected chi connectivity index (χ0v) is 7.82. The maximum atomic E-state index is 11.5. The lowest BCUT2D eigenvalue weighted by Crippen LogP contribution is -2.28. The fourth-order valence-electron chi connectivity index (χ4n) is 1.42. The van der Waals surface area contributed by atoms with E-state index in [1.54, 1.807) is 6.92 Å². The van der Waals surface area contributed by atoms with E-state index >= 15 is 0 Å². The number of carbonyl (C=O) groups excluding carboxylic acids is 1. The second kappa shape index (κ2) is 2.87. The van der Waals surface area contributed by atoms with Crippen LogP contribution in [0.4, 0.5) is 0 Å². The van der Waals surface area contributed by atoms with Gasteiger partial charge in [-0.3, -0.25) is 0 Å². The average Bonchev–Trinajstić information content (AvgIpc) is 2.43. The Kier molecular flexibility index (Phi) is 1.81. The van der Waals surface area contributed by atoms with Crippen LogP contribution in [0.2, 0.25) is 0 Å². The molecule has 0 aromatic heterocycles. The van der Waals surface area contributed by atoms with Gasteiger partial charge < -0.3 is 9.47 Å². The number of cyclic esters (lactones) is 1. The molecule has 0 amide bonds. The Morgan fingerprint density at radius 1 is 1.29 bits per heavy atom. The quantitative estimate of drug-likeness (QED) is 0.635. The number of rotatable bonds is 1. The third kappa shape index (κ3) is 1.18. The lowest BCUT2D eigenvalue weighted by Gasteiger charge is -2.18. The number of esters is 1. The molecule has 1 atom stereocenters. The van der Waals surface area contributed by atoms with Gasteiger partial charge in [0.1, 0.15) is 0 Å². The van der Waals surface area contributed by atoms with Crippen LogP contribution in [-0.4, -0.2) is 5.97 Å². The van der Waals surface area contributed by atoms with E-state index in [2.05, 4.69) is 6.58 Å². The first-order valence-corrected chi connectivity index (χ1v) is 4.28. The van der Waals surface area contributed by atoms with Crippen molar-refractivity contribution >= 4 is 5.97 Å². The molecule has 0 saturated carbocycles. The summed E-state index contributed by atoms with van der Waals surface area (Å²) in [4.78, 5) is 11.5. The Morgan fingerprint density at radius 3 is 2.43 bits per heavy atom. The predicted octanol–water partition coefficient (Wildman–Crippen LogP) is 1.95. The maximum absolute atomic E-state index is 11.5. The van der Waals surface area contributed by atoms with Crippen LogP contribution in [0.3, 0.4) is 0 Å². The second-order valence-electron chi connectivity index (χ2n) is 3.26. The molecule has 72 valence electrons. The highest BCUT2D eigenvalue weighted by molar-refractivity contribution is 5.83. The second-order valence-corrected chi connectivity index (χ2v) is 3.26. The molecule has 0 radical (unpaired) electrons. The molecule has 0 spiro atoms. The summed E-state index contributed by atoms with van der Waals surface area (Å²) in [6, 6.07) is 9.21. The van der Waals surface area contributed by atoms with Crippen molar-refractivity contribution in [2.45, 2.75) is 12.5 Å². The van der Waals surface area contributed by atoms with Crippen LogP contribution in [0.15, 0.2) is 42.9 Å². The van der Waals surface area contributed by atoms with Crippen molar-refractivity contribution in [1.82, 2.24) is 0 Å². The number of benzene rings is 1. The molecule has 1 aliphatic heterocycles. The van der Waals surface area contributed by atoms with Crippen molar-refractivity contribution in [2.75, 3.05) is 0 Å². The molecule has 0 aliphatic carbocycles. The Morgan fingerprint density at radius 2 is 1.93 bits per heavy atom. The number of carbonyl (C=O) groups is 1. The number of ether oxygens (including phenoxy) is 2. The third-order valence-electron chi connectivity index (χ3n) is 2.24. The van der Waals surface area contributed by atoms with Crippen LogP contribution in [0.25, 0.3) is 0 Å². The normalized spacial score (nSPS) is 25.8. The zero-order valence-electron chi connectivity index (χ0n) is 7.82. The molecule has 0 bridgehead atoms. The van der Waals surface area contributed by atoms with E-state index in [4.69, 9.17) is 9.47 Å². The van der Waals surface area contributed by atoms with Gasteiger partial charge in [0.15, 0.2) is 0 Å². The van der Waals surface area contributed by atoms with Gasteiger partial charge in [-0.2, -0.15) is 0 Å². The molecule has 3 nitrogen and oxygen atoms in total. The summed E-state index contributed by atoms with van der Waals surface area (Å²) < 4.78 is 10.1. The molecule has 3 heteroatoms. The van der Waals surface area contributed by atoms with Gasteiger partial charge in [0, 0.05) is 5.56 Å². The van der Waals surface area contributed by atoms with Gasteiger partial charge in [-0.25, -0.2) is 4.79 Å². The van der Waals surface area contributed by atoms with Crippen molar-refractivity contribution in [3.8, 4) is 0 Å². The largest absolute Gasteiger partial charge is 0.442 e. The van der Waals surface area contributed by atoms with Gasteiger partial charge in [-0.05, 0) is 13.5 Å². The van der Waals surface area contributed by atoms with E-state index in [1.165, 1.54) is 0 Å². The third-order valence-corrected chi connectivity index (χ3v) is 2.24. The van der Waals surface area contributed by atoms with Crippen LogP contribution >= 0.6 is 0 Å². The highest BCUT2D eigenvalue weighted by Gasteiger charge is 2.46. The molecule has 1 fully saturated rings. The van der Waals surface area contributed by atoms with Crippen LogP contribution in [-0.2, 0) is 19.9 Å². The molecule has 1 heterocycles. The lowest BCUT2D eigenvalue weighted by atomic mass is 9.96. The topological polar surface area (TPSA) is 35.5 Å². The maximum Gasteiger partial charge on any atom is 0.362 e. The monoisotopic (exact) mass is 190 g/mol. The first-order valence-electron chi connectivity index (χ1n) is 4.28. The van der Waals surface area contributed by atoms with Crippen molar-refractivity contribution < 1.29 is 14.3 Å². The minimum atomic E-state index is -1.04. The first-order chi connectivity index (χ1) is 6.63. The van der Waals surface area contributed by atoms with Crippen molar-refractivity contribution in [1.29, 1.82) is 0 Å². The molecule has 1 unspecified atom stereocenters. The molecular weight excluding hydrogens is 180 g/mol. The highest BCUT2D eigenvalue weighted by atomic mass is 16.7. The van der Waals surface area contributed by atoms with Gasteiger partial charge in [0.05, 0.1) is 0 Å². The summed E-state index contributed by atoms with van der Waals surface area (Å²) in [6.07, 6.45) is 0. The van der Waals surface area contributed by atoms with Gasteiger partial charge in [-0.1, -0.05) is 30.3 Å². The van der Waals surface area contributed by atoms with Crippen LogP contribution in [0.5, 0.6) is 0 Å². The number of hydrogen-bond donors (Lipinski definition) is 0. The summed E-state index contributed by atoms with van der Waals surface area (Å²) in [5, 5.41) is 0. The molecule has 1 aromatic rings. The van der Waals surface area contributed by atoms with Crippen molar-refractivity contribution in [3.05, 3.63) is 48.4 Å². The summed E-state index contributed by atoms with van der Waals surface area (Å²) >= 11 is 0. The van der Waals surface area contributed by atoms with Gasteiger partial charge in [-0.15, -0.1) is 0 Å². The molecule has 1 aliphatic rings. The van der Waals surface area contributed by atoms with Crippen LogP contribution in [0.1, 0.15) is 12.5 Å². The SMILES string of the molecule is C=C1OC(=O)C(C)(c2ccccc2)O1. The first kappa shape index (κ1) is 8.81. The minimum Gasteiger partial charge on any atom is -0.442 e. The molecule has 1 saturated heterocycles. The number of hydrogen-bond acceptors (Lipinski definition) is 3. The highest BCUT2D eigenvalue weighted by Crippen LogP contribution is 2.35. The Balaban J connectivity index is 2.43. The lowest BCUT2D eigenvalue weighted by molar-refractivity contribution is -0.143. The van der Waals surface area contributed by atoms with Gasteiger partial charge >= 0.3 is 5.97 Å². The van der Waals surface area contributed by atoms with Crippen LogP contribution in [0, 0.1) is 0 Å². The molecule has 1 aromatic carbocycles. The van der Waals surface area contributed by atoms with Gasteiger partial charge in [0.2, 0.25) is 5.60 Å². The van der Waals surface area contributed by atoms with Crippen molar-refractivity contribution in [2.24, 2.45) is 0 Å². The van der Waals surface area contributed by atoms with Crippen LogP contribution < -0.4 is 0 Å². The van der Waals surface area contributed by atoms with Crippen molar-refractivity contribution in [3.63, 3.8) is 0 Å². The van der Waals surface area contributed by atoms with E-state index in [1.807, 2.05) is 30.3 Å². The fraction of sp³-hybridized carbons (Fsp3) is 0.182. The summed E-state index contributed by atoms with van der Waals surface area (Å²) in [5.41, 5.74) is -0.276. The summed E-state index contributed by atoms with van der Waals surface area (Å²) in [7, 11) is 0. The molecular formula is C11H10O3. The van der Waals surface area contributed by atoms with E-state index in [-0.39, 0.29) is 5.95 Å². The molecule has 2 rings (SSSR count). The Hall–Kier alpha value is -1.77. The molecule has 14 heavy (non-hydrogen) atoms. The van der Waals surface area contributed by atoms with E-state index in [0.717, 1.165) is 5.56 Å². The predicted molar refractivity (Wildman–Crippen MR) is 50.1 cm³/mol. The fourth-order valence-corrected chi connectivity index (χ4v) is 1.42. The smallest absolute Gasteiger partial charge is 0.362 e.